The fraction of sp³-hybridized carbons (Fsp3) is 0.588. The molecule has 1 fully saturated rings. The number of nitrogens with zero attached hydrogens (tertiary/aromatic N) is 2. The van der Waals surface area contributed by atoms with Crippen molar-refractivity contribution in [3.8, 4) is 0 Å². The van der Waals surface area contributed by atoms with Gasteiger partial charge in [-0.05, 0) is 23.6 Å². The monoisotopic (exact) mass is 324 g/mol. The summed E-state index contributed by atoms with van der Waals surface area (Å²) in [6, 6.07) is 5.40. The second-order valence-electron chi connectivity index (χ2n) is 6.27. The topological polar surface area (TPSA) is 32.8 Å². The molecule has 4 nitrogen and oxygen atoms in total. The van der Waals surface area contributed by atoms with E-state index in [4.69, 9.17) is 16.3 Å². The first-order valence-corrected chi connectivity index (χ1v) is 8.19. The molecule has 1 aliphatic rings. The van der Waals surface area contributed by atoms with Crippen LogP contribution in [-0.2, 0) is 11.3 Å². The Bertz CT molecular complexity index is 511. The normalized spacial score (nSPS) is 17.0. The van der Waals surface area contributed by atoms with Gasteiger partial charge in [-0.1, -0.05) is 31.5 Å². The smallest absolute Gasteiger partial charge is 0.337 e. The molecule has 1 aromatic rings. The molecule has 0 spiro atoms. The van der Waals surface area contributed by atoms with E-state index in [9.17, 15) is 4.79 Å². The first-order valence-electron chi connectivity index (χ1n) is 7.81. The molecule has 0 radical (unpaired) electrons. The van der Waals surface area contributed by atoms with Gasteiger partial charge >= 0.3 is 5.97 Å². The summed E-state index contributed by atoms with van der Waals surface area (Å²) in [6.45, 7) is 10.8. The van der Waals surface area contributed by atoms with Crippen LogP contribution in [0.1, 0.15) is 29.8 Å². The molecule has 1 saturated heterocycles. The minimum Gasteiger partial charge on any atom is -0.465 e. The summed E-state index contributed by atoms with van der Waals surface area (Å²) in [7, 11) is 1.38. The molecule has 0 unspecified atom stereocenters. The quantitative estimate of drug-likeness (QED) is 0.780. The van der Waals surface area contributed by atoms with E-state index >= 15 is 0 Å². The maximum absolute atomic E-state index is 11.5. The van der Waals surface area contributed by atoms with Crippen LogP contribution in [0.3, 0.4) is 0 Å². The van der Waals surface area contributed by atoms with E-state index in [1.807, 2.05) is 6.07 Å². The molecule has 1 aromatic carbocycles. The number of halogens is 1. The molecule has 122 valence electrons. The Hall–Kier alpha value is -1.10. The van der Waals surface area contributed by atoms with E-state index in [-0.39, 0.29) is 5.97 Å². The first kappa shape index (κ1) is 17.3. The van der Waals surface area contributed by atoms with E-state index in [0.29, 0.717) is 16.5 Å². The summed E-state index contributed by atoms with van der Waals surface area (Å²) in [4.78, 5) is 16.4. The first-order chi connectivity index (χ1) is 10.5. The number of carbonyl (C=O) groups is 1. The minimum atomic E-state index is -0.351. The Kier molecular flexibility index (Phi) is 6.24. The summed E-state index contributed by atoms with van der Waals surface area (Å²) in [5.74, 6) is 0.364. The zero-order valence-electron chi connectivity index (χ0n) is 13.6. The van der Waals surface area contributed by atoms with E-state index in [1.54, 1.807) is 12.1 Å². The summed E-state index contributed by atoms with van der Waals surface area (Å²) in [5.41, 5.74) is 1.56. The third-order valence-electron chi connectivity index (χ3n) is 3.96. The van der Waals surface area contributed by atoms with Gasteiger partial charge in [0.25, 0.3) is 0 Å². The van der Waals surface area contributed by atoms with Gasteiger partial charge in [0.15, 0.2) is 0 Å². The van der Waals surface area contributed by atoms with Gasteiger partial charge in [0.2, 0.25) is 0 Å². The number of esters is 1. The van der Waals surface area contributed by atoms with Gasteiger partial charge < -0.3 is 9.64 Å². The van der Waals surface area contributed by atoms with Crippen LogP contribution >= 0.6 is 11.6 Å². The molecule has 0 atom stereocenters. The average Bonchev–Trinajstić information content (AvgIpc) is 2.50. The van der Waals surface area contributed by atoms with Crippen LogP contribution in [-0.4, -0.2) is 55.6 Å². The Balaban J connectivity index is 1.91. The van der Waals surface area contributed by atoms with Crippen molar-refractivity contribution < 1.29 is 9.53 Å². The van der Waals surface area contributed by atoms with Crippen LogP contribution < -0.4 is 0 Å². The van der Waals surface area contributed by atoms with Crippen LogP contribution in [0.4, 0.5) is 0 Å². The van der Waals surface area contributed by atoms with Crippen molar-refractivity contribution >= 4 is 17.6 Å². The van der Waals surface area contributed by atoms with Crippen molar-refractivity contribution in [3.05, 3.63) is 34.3 Å². The molecule has 1 heterocycles. The molecular weight excluding hydrogens is 300 g/mol. The zero-order chi connectivity index (χ0) is 16.1. The highest BCUT2D eigenvalue weighted by atomic mass is 35.5. The van der Waals surface area contributed by atoms with E-state index in [1.165, 1.54) is 13.7 Å². The molecule has 22 heavy (non-hydrogen) atoms. The Morgan fingerprint density at radius 1 is 1.23 bits per heavy atom. The summed E-state index contributed by atoms with van der Waals surface area (Å²) in [6.07, 6.45) is 0. The molecule has 0 bridgehead atoms. The third kappa shape index (κ3) is 4.70. The van der Waals surface area contributed by atoms with Gasteiger partial charge in [-0.25, -0.2) is 4.79 Å². The lowest BCUT2D eigenvalue weighted by molar-refractivity contribution is 0.0600. The standard InChI is InChI=1S/C17H25ClN2O2/c1-13(2)11-19-6-8-20(9-7-19)12-15-5-4-14(10-16(15)18)17(21)22-3/h4-5,10,13H,6-9,11-12H2,1-3H3. The molecule has 2 rings (SSSR count). The maximum Gasteiger partial charge on any atom is 0.337 e. The average molecular weight is 325 g/mol. The Morgan fingerprint density at radius 3 is 2.41 bits per heavy atom. The maximum atomic E-state index is 11.5. The van der Waals surface area contributed by atoms with Gasteiger partial charge in [-0.15, -0.1) is 0 Å². The lowest BCUT2D eigenvalue weighted by Crippen LogP contribution is -2.46. The van der Waals surface area contributed by atoms with E-state index in [0.717, 1.165) is 38.3 Å². The molecule has 0 aromatic heterocycles. The van der Waals surface area contributed by atoms with Gasteiger partial charge in [0.05, 0.1) is 12.7 Å². The highest BCUT2D eigenvalue weighted by Gasteiger charge is 2.18. The second-order valence-corrected chi connectivity index (χ2v) is 6.68. The predicted molar refractivity (Wildman–Crippen MR) is 89.3 cm³/mol. The molecule has 5 heteroatoms. The molecular formula is C17H25ClN2O2. The lowest BCUT2D eigenvalue weighted by Gasteiger charge is -2.35. The van der Waals surface area contributed by atoms with Crippen molar-refractivity contribution in [3.63, 3.8) is 0 Å². The zero-order valence-corrected chi connectivity index (χ0v) is 14.4. The number of hydrogen-bond acceptors (Lipinski definition) is 4. The molecule has 1 aliphatic heterocycles. The Morgan fingerprint density at radius 2 is 1.86 bits per heavy atom. The van der Waals surface area contributed by atoms with Crippen molar-refractivity contribution in [1.82, 2.24) is 9.80 Å². The number of carbonyl (C=O) groups excluding carboxylic acids is 1. The fourth-order valence-corrected chi connectivity index (χ4v) is 3.05. The van der Waals surface area contributed by atoms with E-state index in [2.05, 4.69) is 23.6 Å². The Labute approximate surface area is 138 Å². The predicted octanol–water partition coefficient (Wildman–Crippen LogP) is 2.90. The molecule has 0 saturated carbocycles. The SMILES string of the molecule is COC(=O)c1ccc(CN2CCN(CC(C)C)CC2)c(Cl)c1. The van der Waals surface area contributed by atoms with Crippen molar-refractivity contribution in [2.75, 3.05) is 39.8 Å². The van der Waals surface area contributed by atoms with Crippen LogP contribution in [0.5, 0.6) is 0 Å². The number of rotatable bonds is 5. The van der Waals surface area contributed by atoms with E-state index < -0.39 is 0 Å². The van der Waals surface area contributed by atoms with Gasteiger partial charge in [-0.3, -0.25) is 4.90 Å². The van der Waals surface area contributed by atoms with Gasteiger partial charge in [0.1, 0.15) is 0 Å². The number of hydrogen-bond donors (Lipinski definition) is 0. The fourth-order valence-electron chi connectivity index (χ4n) is 2.81. The van der Waals surface area contributed by atoms with Crippen LogP contribution in [0.25, 0.3) is 0 Å². The van der Waals surface area contributed by atoms with Gasteiger partial charge in [-0.2, -0.15) is 0 Å². The number of benzene rings is 1. The number of piperazine rings is 1. The lowest BCUT2D eigenvalue weighted by atomic mass is 10.1. The van der Waals surface area contributed by atoms with Crippen molar-refractivity contribution in [2.45, 2.75) is 20.4 Å². The highest BCUT2D eigenvalue weighted by molar-refractivity contribution is 6.31. The van der Waals surface area contributed by atoms with Gasteiger partial charge in [0, 0.05) is 44.3 Å². The second kappa shape index (κ2) is 7.95. The molecule has 0 amide bonds. The van der Waals surface area contributed by atoms with Crippen LogP contribution in [0.2, 0.25) is 5.02 Å². The third-order valence-corrected chi connectivity index (χ3v) is 4.31. The molecule has 0 N–H and O–H groups in total. The summed E-state index contributed by atoms with van der Waals surface area (Å²) >= 11 is 6.30. The molecule has 0 aliphatic carbocycles. The summed E-state index contributed by atoms with van der Waals surface area (Å²) in [5, 5.41) is 0.632. The minimum absolute atomic E-state index is 0.351. The summed E-state index contributed by atoms with van der Waals surface area (Å²) < 4.78 is 4.71. The number of methoxy groups -OCH3 is 1. The largest absolute Gasteiger partial charge is 0.465 e. The van der Waals surface area contributed by atoms with Crippen LogP contribution in [0, 0.1) is 5.92 Å². The highest BCUT2D eigenvalue weighted by Crippen LogP contribution is 2.21. The van der Waals surface area contributed by atoms with Crippen LogP contribution in [0.15, 0.2) is 18.2 Å². The van der Waals surface area contributed by atoms with Crippen molar-refractivity contribution in [1.29, 1.82) is 0 Å². The van der Waals surface area contributed by atoms with Crippen molar-refractivity contribution in [2.24, 2.45) is 5.92 Å². The number of ether oxygens (including phenoxy) is 1.